The van der Waals surface area contributed by atoms with Gasteiger partial charge in [0.2, 0.25) is 6.54 Å². The van der Waals surface area contributed by atoms with Crippen molar-refractivity contribution in [1.82, 2.24) is 5.48 Å². The number of rotatable bonds is 3. The number of carbonyl (C=O) groups is 1. The number of nitro groups is 1. The van der Waals surface area contributed by atoms with Gasteiger partial charge in [-0.2, -0.15) is 5.48 Å². The molecule has 68 valence electrons. The van der Waals surface area contributed by atoms with Crippen molar-refractivity contribution in [1.29, 1.82) is 0 Å². The number of nitrogens with one attached hydrogen (secondary N) is 1. The molecule has 12 heavy (non-hydrogen) atoms. The average molecular weight is 174 g/mol. The van der Waals surface area contributed by atoms with Crippen LogP contribution < -0.4 is 5.48 Å². The highest BCUT2D eigenvalue weighted by Gasteiger charge is 2.24. The van der Waals surface area contributed by atoms with Crippen molar-refractivity contribution in [2.45, 2.75) is 25.0 Å². The molecular weight excluding hydrogens is 164 g/mol. The lowest BCUT2D eigenvalue weighted by atomic mass is 10.1. The Balaban J connectivity index is 2.26. The lowest BCUT2D eigenvalue weighted by Gasteiger charge is -2.23. The molecule has 6 heteroatoms. The molecule has 1 fully saturated rings. The molecule has 0 aromatic heterocycles. The van der Waals surface area contributed by atoms with E-state index < -0.39 is 11.0 Å². The molecule has 0 aromatic carbocycles. The first-order valence-electron chi connectivity index (χ1n) is 3.70. The molecule has 0 aliphatic carbocycles. The second-order valence-electron chi connectivity index (χ2n) is 2.70. The van der Waals surface area contributed by atoms with Crippen LogP contribution in [0.4, 0.5) is 0 Å². The highest BCUT2D eigenvalue weighted by atomic mass is 16.7. The summed E-state index contributed by atoms with van der Waals surface area (Å²) in [5.74, 6) is 0. The van der Waals surface area contributed by atoms with Crippen LogP contribution in [0.3, 0.4) is 0 Å². The lowest BCUT2D eigenvalue weighted by Crippen LogP contribution is -2.43. The van der Waals surface area contributed by atoms with Crippen molar-refractivity contribution in [2.24, 2.45) is 0 Å². The van der Waals surface area contributed by atoms with Gasteiger partial charge in [0, 0.05) is 4.92 Å². The molecule has 1 aliphatic heterocycles. The van der Waals surface area contributed by atoms with Gasteiger partial charge in [-0.3, -0.25) is 15.0 Å². The van der Waals surface area contributed by atoms with Crippen molar-refractivity contribution in [3.8, 4) is 0 Å². The molecule has 0 saturated carbocycles. The Bertz CT molecular complexity index is 176. The van der Waals surface area contributed by atoms with Crippen LogP contribution in [0.1, 0.15) is 12.8 Å². The molecule has 1 heterocycles. The van der Waals surface area contributed by atoms with Crippen LogP contribution in [-0.4, -0.2) is 29.9 Å². The molecular formula is C6H10N2O4. The zero-order chi connectivity index (χ0) is 8.97. The van der Waals surface area contributed by atoms with Crippen LogP contribution in [0.25, 0.3) is 0 Å². The van der Waals surface area contributed by atoms with Crippen LogP contribution >= 0.6 is 0 Å². The average Bonchev–Trinajstić information content (AvgIpc) is 2.05. The quantitative estimate of drug-likeness (QED) is 0.355. The molecule has 0 unspecified atom stereocenters. The first-order chi connectivity index (χ1) is 5.72. The summed E-state index contributed by atoms with van der Waals surface area (Å²) < 4.78 is 0. The fourth-order valence-corrected chi connectivity index (χ4v) is 1.07. The third-order valence-electron chi connectivity index (χ3n) is 1.71. The topological polar surface area (TPSA) is 81.5 Å². The van der Waals surface area contributed by atoms with Gasteiger partial charge >= 0.3 is 0 Å². The molecule has 6 nitrogen and oxygen atoms in total. The van der Waals surface area contributed by atoms with E-state index in [0.29, 0.717) is 19.1 Å². The second-order valence-corrected chi connectivity index (χ2v) is 2.70. The maximum Gasteiger partial charge on any atom is 0.221 e. The van der Waals surface area contributed by atoms with Gasteiger partial charge in [0.05, 0.1) is 6.04 Å². The second kappa shape index (κ2) is 4.13. The van der Waals surface area contributed by atoms with Crippen LogP contribution in [0.5, 0.6) is 0 Å². The molecule has 0 bridgehead atoms. The Morgan fingerprint density at radius 2 is 2.42 bits per heavy atom. The first-order valence-corrected chi connectivity index (χ1v) is 3.70. The summed E-state index contributed by atoms with van der Waals surface area (Å²) in [7, 11) is 0. The number of nitrogens with zero attached hydrogens (tertiary/aromatic N) is 1. The largest absolute Gasteiger partial charge is 0.300 e. The van der Waals surface area contributed by atoms with Gasteiger partial charge in [-0.15, -0.1) is 0 Å². The predicted molar refractivity (Wildman–Crippen MR) is 39.0 cm³/mol. The Morgan fingerprint density at radius 1 is 1.67 bits per heavy atom. The molecule has 0 aromatic rings. The van der Waals surface area contributed by atoms with Crippen LogP contribution in [0, 0.1) is 10.1 Å². The summed E-state index contributed by atoms with van der Waals surface area (Å²) in [6, 6.07) is -0.267. The third kappa shape index (κ3) is 2.55. The zero-order valence-corrected chi connectivity index (χ0v) is 6.43. The van der Waals surface area contributed by atoms with E-state index in [-0.39, 0.29) is 12.6 Å². The van der Waals surface area contributed by atoms with E-state index in [0.717, 1.165) is 0 Å². The van der Waals surface area contributed by atoms with E-state index in [4.69, 9.17) is 4.84 Å². The van der Waals surface area contributed by atoms with Gasteiger partial charge in [0.15, 0.2) is 6.29 Å². The number of hydroxylamine groups is 1. The van der Waals surface area contributed by atoms with Crippen LogP contribution in [0.2, 0.25) is 0 Å². The van der Waals surface area contributed by atoms with Gasteiger partial charge in [-0.25, -0.2) is 0 Å². The summed E-state index contributed by atoms with van der Waals surface area (Å²) in [6.07, 6.45) is 1.39. The maximum absolute atomic E-state index is 10.2. The molecule has 1 aliphatic rings. The Morgan fingerprint density at radius 3 is 2.83 bits per heavy atom. The minimum atomic E-state index is -0.451. The molecule has 0 spiro atoms. The van der Waals surface area contributed by atoms with Gasteiger partial charge in [-0.1, -0.05) is 0 Å². The zero-order valence-electron chi connectivity index (χ0n) is 6.43. The van der Waals surface area contributed by atoms with E-state index in [1.54, 1.807) is 0 Å². The number of aldehydes is 1. The molecule has 1 N–H and O–H groups in total. The Labute approximate surface area is 69.0 Å². The molecule has 2 atom stereocenters. The maximum atomic E-state index is 10.2. The van der Waals surface area contributed by atoms with Crippen molar-refractivity contribution in [3.05, 3.63) is 10.1 Å². The summed E-state index contributed by atoms with van der Waals surface area (Å²) >= 11 is 0. The van der Waals surface area contributed by atoms with E-state index >= 15 is 0 Å². The van der Waals surface area contributed by atoms with E-state index in [9.17, 15) is 14.9 Å². The molecule has 1 rings (SSSR count). The van der Waals surface area contributed by atoms with Gasteiger partial charge in [-0.05, 0) is 12.8 Å². The summed E-state index contributed by atoms with van der Waals surface area (Å²) in [4.78, 5) is 24.7. The standard InChI is InChI=1S/C6H10N2O4/c9-4-6-2-1-5(7-12-6)3-8(10)11/h4-7H,1-3H2/t5-,6-/m1/s1. The van der Waals surface area contributed by atoms with Crippen molar-refractivity contribution in [2.75, 3.05) is 6.54 Å². The minimum Gasteiger partial charge on any atom is -0.300 e. The smallest absolute Gasteiger partial charge is 0.221 e. The summed E-state index contributed by atoms with van der Waals surface area (Å²) in [5.41, 5.74) is 2.48. The first kappa shape index (κ1) is 9.08. The minimum absolute atomic E-state index is 0.161. The Hall–Kier alpha value is -1.01. The van der Waals surface area contributed by atoms with Crippen LogP contribution in [0.15, 0.2) is 0 Å². The van der Waals surface area contributed by atoms with E-state index in [2.05, 4.69) is 5.48 Å². The fraction of sp³-hybridized carbons (Fsp3) is 0.833. The highest BCUT2D eigenvalue weighted by Crippen LogP contribution is 2.09. The SMILES string of the molecule is O=C[C@H]1CC[C@H](C[N+](=O)[O-])NO1. The monoisotopic (exact) mass is 174 g/mol. The molecule has 0 amide bonds. The number of carbonyl (C=O) groups excluding carboxylic acids is 1. The van der Waals surface area contributed by atoms with E-state index in [1.807, 2.05) is 0 Å². The van der Waals surface area contributed by atoms with Crippen LogP contribution in [-0.2, 0) is 9.63 Å². The highest BCUT2D eigenvalue weighted by molar-refractivity contribution is 5.55. The lowest BCUT2D eigenvalue weighted by molar-refractivity contribution is -0.486. The summed E-state index contributed by atoms with van der Waals surface area (Å²) in [6.45, 7) is -0.161. The van der Waals surface area contributed by atoms with Gasteiger partial charge in [0.25, 0.3) is 0 Å². The van der Waals surface area contributed by atoms with E-state index in [1.165, 1.54) is 0 Å². The van der Waals surface area contributed by atoms with Crippen molar-refractivity contribution < 1.29 is 14.6 Å². The van der Waals surface area contributed by atoms with Crippen molar-refractivity contribution >= 4 is 6.29 Å². The van der Waals surface area contributed by atoms with Crippen molar-refractivity contribution in [3.63, 3.8) is 0 Å². The molecule has 0 radical (unpaired) electrons. The third-order valence-corrected chi connectivity index (χ3v) is 1.71. The predicted octanol–water partition coefficient (Wildman–Crippen LogP) is -0.486. The van der Waals surface area contributed by atoms with Gasteiger partial charge in [0.1, 0.15) is 6.10 Å². The van der Waals surface area contributed by atoms with Gasteiger partial charge < -0.3 is 4.79 Å². The molecule has 1 saturated heterocycles. The number of hydrogen-bond acceptors (Lipinski definition) is 5. The Kier molecular flexibility index (Phi) is 3.12. The number of hydrogen-bond donors (Lipinski definition) is 1. The summed E-state index contributed by atoms with van der Waals surface area (Å²) in [5, 5.41) is 10.1. The normalized spacial score (nSPS) is 29.7. The fourth-order valence-electron chi connectivity index (χ4n) is 1.07.